The molecule has 1 aliphatic heterocycles. The summed E-state index contributed by atoms with van der Waals surface area (Å²) >= 11 is 1.62. The first-order valence-corrected chi connectivity index (χ1v) is 12.8. The average Bonchev–Trinajstić information content (AvgIpc) is 3.44. The van der Waals surface area contributed by atoms with Crippen molar-refractivity contribution in [3.05, 3.63) is 41.0 Å². The topological polar surface area (TPSA) is 91.4 Å². The molecule has 3 unspecified atom stereocenters. The lowest BCUT2D eigenvalue weighted by Crippen LogP contribution is -2.57. The number of thiazole rings is 1. The average molecular weight is 485 g/mol. The van der Waals surface area contributed by atoms with E-state index < -0.39 is 17.5 Å². The molecule has 3 amide bonds. The van der Waals surface area contributed by atoms with Crippen molar-refractivity contribution in [2.24, 2.45) is 5.41 Å². The number of aryl methyl sites for hydroxylation is 1. The summed E-state index contributed by atoms with van der Waals surface area (Å²) in [6, 6.07) is 6.88. The quantitative estimate of drug-likeness (QED) is 0.615. The number of rotatable bonds is 7. The molecule has 0 radical (unpaired) electrons. The van der Waals surface area contributed by atoms with Gasteiger partial charge in [-0.1, -0.05) is 52.0 Å². The molecule has 2 N–H and O–H groups in total. The maximum atomic E-state index is 13.4. The maximum absolute atomic E-state index is 13.4. The number of nitrogens with zero attached hydrogens (tertiary/aromatic N) is 2. The predicted molar refractivity (Wildman–Crippen MR) is 135 cm³/mol. The van der Waals surface area contributed by atoms with Crippen LogP contribution < -0.4 is 10.6 Å². The molecule has 1 aliphatic rings. The largest absolute Gasteiger partial charge is 0.348 e. The Morgan fingerprint density at radius 1 is 1.18 bits per heavy atom. The molecule has 1 fully saturated rings. The highest BCUT2D eigenvalue weighted by Crippen LogP contribution is 2.30. The number of amides is 3. The predicted octanol–water partition coefficient (Wildman–Crippen LogP) is 4.23. The summed E-state index contributed by atoms with van der Waals surface area (Å²) in [6.07, 6.45) is 2.12. The van der Waals surface area contributed by atoms with Crippen LogP contribution in [0.3, 0.4) is 0 Å². The molecule has 1 saturated heterocycles. The molecule has 1 aromatic heterocycles. The number of nitrogens with one attached hydrogen (secondary N) is 2. The van der Waals surface area contributed by atoms with Crippen LogP contribution in [-0.2, 0) is 14.4 Å². The fourth-order valence-corrected chi connectivity index (χ4v) is 5.27. The van der Waals surface area contributed by atoms with Gasteiger partial charge in [0, 0.05) is 13.5 Å². The second kappa shape index (κ2) is 10.7. The molecule has 8 heteroatoms. The van der Waals surface area contributed by atoms with E-state index in [-0.39, 0.29) is 23.8 Å². The van der Waals surface area contributed by atoms with E-state index >= 15 is 0 Å². The molecule has 184 valence electrons. The molecule has 3 atom stereocenters. The molecular formula is C26H36N4O3S. The molecule has 0 spiro atoms. The normalized spacial score (nSPS) is 17.8. The van der Waals surface area contributed by atoms with Crippen LogP contribution in [0.2, 0.25) is 0 Å². The fraction of sp³-hybridized carbons (Fsp3) is 0.538. The van der Waals surface area contributed by atoms with Crippen LogP contribution in [0.5, 0.6) is 0 Å². The van der Waals surface area contributed by atoms with Crippen molar-refractivity contribution in [2.75, 3.05) is 6.54 Å². The van der Waals surface area contributed by atoms with Gasteiger partial charge in [-0.2, -0.15) is 0 Å². The smallest absolute Gasteiger partial charge is 0.246 e. The molecule has 3 rings (SSSR count). The first-order chi connectivity index (χ1) is 16.0. The standard InChI is InChI=1S/C26H36N4O3S/c1-7-20(18-10-12-19(13-11-18)22-16(2)27-15-34-22)29-24(32)21-9-8-14-30(21)25(33)23(26(4,5)6)28-17(3)31/h10-13,15,20-21,23H,7-9,14H2,1-6H3,(H,28,31)(H,29,32). The Kier molecular flexibility index (Phi) is 8.13. The number of carbonyl (C=O) groups is 3. The van der Waals surface area contributed by atoms with Crippen molar-refractivity contribution < 1.29 is 14.4 Å². The Labute approximate surface area is 206 Å². The second-order valence-corrected chi connectivity index (χ2v) is 10.9. The molecular weight excluding hydrogens is 448 g/mol. The van der Waals surface area contributed by atoms with Gasteiger partial charge in [-0.15, -0.1) is 11.3 Å². The summed E-state index contributed by atoms with van der Waals surface area (Å²) in [5.74, 6) is -0.593. The summed E-state index contributed by atoms with van der Waals surface area (Å²) in [7, 11) is 0. The van der Waals surface area contributed by atoms with Crippen molar-refractivity contribution in [2.45, 2.75) is 78.9 Å². The van der Waals surface area contributed by atoms with E-state index in [1.165, 1.54) is 6.92 Å². The van der Waals surface area contributed by atoms with E-state index in [9.17, 15) is 14.4 Å². The lowest BCUT2D eigenvalue weighted by molar-refractivity contribution is -0.143. The monoisotopic (exact) mass is 484 g/mol. The summed E-state index contributed by atoms with van der Waals surface area (Å²) in [4.78, 5) is 45.5. The van der Waals surface area contributed by atoms with Crippen molar-refractivity contribution in [1.82, 2.24) is 20.5 Å². The molecule has 7 nitrogen and oxygen atoms in total. The Bertz CT molecular complexity index is 1030. The molecule has 0 aliphatic carbocycles. The van der Waals surface area contributed by atoms with Gasteiger partial charge >= 0.3 is 0 Å². The Morgan fingerprint density at radius 2 is 1.85 bits per heavy atom. The lowest BCUT2D eigenvalue weighted by Gasteiger charge is -2.35. The lowest BCUT2D eigenvalue weighted by atomic mass is 9.85. The van der Waals surface area contributed by atoms with E-state index in [0.29, 0.717) is 13.0 Å². The minimum atomic E-state index is -0.678. The van der Waals surface area contributed by atoms with Crippen LogP contribution >= 0.6 is 11.3 Å². The van der Waals surface area contributed by atoms with E-state index in [2.05, 4.69) is 27.8 Å². The van der Waals surface area contributed by atoms with E-state index in [1.54, 1.807) is 16.2 Å². The Hall–Kier alpha value is -2.74. The van der Waals surface area contributed by atoms with Crippen molar-refractivity contribution in [3.63, 3.8) is 0 Å². The molecule has 0 saturated carbocycles. The van der Waals surface area contributed by atoms with Crippen LogP contribution in [0, 0.1) is 12.3 Å². The number of hydrogen-bond donors (Lipinski definition) is 2. The van der Waals surface area contributed by atoms with Crippen LogP contribution in [-0.4, -0.2) is 46.2 Å². The third kappa shape index (κ3) is 5.84. The molecule has 1 aromatic carbocycles. The third-order valence-electron chi connectivity index (χ3n) is 6.34. The van der Waals surface area contributed by atoms with Crippen LogP contribution in [0.1, 0.15) is 71.2 Å². The third-order valence-corrected chi connectivity index (χ3v) is 7.32. The summed E-state index contributed by atoms with van der Waals surface area (Å²) < 4.78 is 0. The van der Waals surface area contributed by atoms with E-state index in [0.717, 1.165) is 34.5 Å². The number of aromatic nitrogens is 1. The zero-order chi connectivity index (χ0) is 25.0. The van der Waals surface area contributed by atoms with Gasteiger partial charge in [-0.25, -0.2) is 4.98 Å². The van der Waals surface area contributed by atoms with Crippen molar-refractivity contribution in [1.29, 1.82) is 0 Å². The number of carbonyl (C=O) groups excluding carboxylic acids is 3. The van der Waals surface area contributed by atoms with Gasteiger partial charge in [0.1, 0.15) is 12.1 Å². The van der Waals surface area contributed by atoms with Crippen LogP contribution in [0.15, 0.2) is 29.8 Å². The summed E-state index contributed by atoms with van der Waals surface area (Å²) in [5.41, 5.74) is 4.54. The van der Waals surface area contributed by atoms with Crippen molar-refractivity contribution >= 4 is 29.1 Å². The van der Waals surface area contributed by atoms with Gasteiger partial charge in [0.15, 0.2) is 0 Å². The highest BCUT2D eigenvalue weighted by Gasteiger charge is 2.41. The first-order valence-electron chi connectivity index (χ1n) is 11.9. The number of benzene rings is 1. The first kappa shape index (κ1) is 25.9. The van der Waals surface area contributed by atoms with Gasteiger partial charge < -0.3 is 15.5 Å². The van der Waals surface area contributed by atoms with E-state index in [1.807, 2.05) is 52.3 Å². The molecule has 2 heterocycles. The zero-order valence-electron chi connectivity index (χ0n) is 21.0. The molecule has 2 aromatic rings. The second-order valence-electron chi connectivity index (χ2n) is 10.0. The van der Waals surface area contributed by atoms with Gasteiger partial charge in [-0.3, -0.25) is 14.4 Å². The van der Waals surface area contributed by atoms with Gasteiger partial charge in [-0.05, 0) is 42.7 Å². The number of hydrogen-bond acceptors (Lipinski definition) is 5. The van der Waals surface area contributed by atoms with Crippen LogP contribution in [0.4, 0.5) is 0 Å². The minimum Gasteiger partial charge on any atom is -0.348 e. The summed E-state index contributed by atoms with van der Waals surface area (Å²) in [6.45, 7) is 11.7. The minimum absolute atomic E-state index is 0.143. The zero-order valence-corrected chi connectivity index (χ0v) is 21.8. The maximum Gasteiger partial charge on any atom is 0.246 e. The van der Waals surface area contributed by atoms with Gasteiger partial charge in [0.05, 0.1) is 22.1 Å². The van der Waals surface area contributed by atoms with Crippen LogP contribution in [0.25, 0.3) is 10.4 Å². The number of likely N-dealkylation sites (tertiary alicyclic amines) is 1. The fourth-order valence-electron chi connectivity index (χ4n) is 4.46. The van der Waals surface area contributed by atoms with Gasteiger partial charge in [0.25, 0.3) is 0 Å². The summed E-state index contributed by atoms with van der Waals surface area (Å²) in [5, 5.41) is 5.95. The highest BCUT2D eigenvalue weighted by atomic mass is 32.1. The molecule has 34 heavy (non-hydrogen) atoms. The molecule has 0 bridgehead atoms. The van der Waals surface area contributed by atoms with E-state index in [4.69, 9.17) is 0 Å². The van der Waals surface area contributed by atoms with Crippen molar-refractivity contribution in [3.8, 4) is 10.4 Å². The Balaban J connectivity index is 1.73. The van der Waals surface area contributed by atoms with Gasteiger partial charge in [0.2, 0.25) is 17.7 Å². The Morgan fingerprint density at radius 3 is 2.38 bits per heavy atom. The highest BCUT2D eigenvalue weighted by molar-refractivity contribution is 7.13. The SMILES string of the molecule is CCC(NC(=O)C1CCCN1C(=O)C(NC(C)=O)C(C)(C)C)c1ccc(-c2scnc2C)cc1.